The summed E-state index contributed by atoms with van der Waals surface area (Å²) in [6, 6.07) is 29.1. The minimum atomic E-state index is -0.829. The van der Waals surface area contributed by atoms with Gasteiger partial charge in [0, 0.05) is 29.1 Å². The van der Waals surface area contributed by atoms with Gasteiger partial charge in [-0.1, -0.05) is 105 Å². The van der Waals surface area contributed by atoms with Crippen molar-refractivity contribution in [2.45, 2.75) is 32.2 Å². The number of carbonyl (C=O) groups excluding carboxylic acids is 1. The number of benzene rings is 5. The number of hydrogen-bond donors (Lipinski definition) is 1. The smallest absolute Gasteiger partial charge is 0.374 e. The molecule has 0 atom stereocenters. The molecule has 0 unspecified atom stereocenters. The van der Waals surface area contributed by atoms with Crippen LogP contribution in [0.1, 0.15) is 31.7 Å². The molecule has 0 fully saturated rings. The second kappa shape index (κ2) is 12.2. The highest BCUT2D eigenvalue weighted by atomic mass is 16.5. The SMILES string of the molecule is CC1(C)/C(=C/C=C/C=C/c2oc3cc4ccccc4cc3[n+]2CCOC=O)N(CCC(=O)O)c2c1c1ccccc1c1ccccc21. The largest absolute Gasteiger partial charge is 0.481 e. The molecule has 0 spiro atoms. The van der Waals surface area contributed by atoms with Gasteiger partial charge >= 0.3 is 11.9 Å². The van der Waals surface area contributed by atoms with E-state index in [2.05, 4.69) is 85.5 Å². The third kappa shape index (κ3) is 5.33. The van der Waals surface area contributed by atoms with Crippen molar-refractivity contribution in [1.82, 2.24) is 0 Å². The van der Waals surface area contributed by atoms with E-state index < -0.39 is 5.97 Å². The molecule has 0 saturated heterocycles. The lowest BCUT2D eigenvalue weighted by atomic mass is 9.80. The maximum Gasteiger partial charge on any atom is 0.374 e. The van der Waals surface area contributed by atoms with E-state index in [0.29, 0.717) is 25.5 Å². The Hall–Kier alpha value is -5.69. The standard InChI is InChI=1S/C40H34N2O5/c1-40(2)35(42(21-20-37(44)45)39-32-17-11-9-15-30(32)29-14-8-10-16-31(29)38(39)40)18-4-3-5-19-36-41(22-23-46-26-43)33-24-27-12-6-7-13-28(27)25-34(33)47-36/h3-19,24-26H,20-23H2,1-2H3/p+1. The lowest BCUT2D eigenvalue weighted by molar-refractivity contribution is -0.678. The summed E-state index contributed by atoms with van der Waals surface area (Å²) in [4.78, 5) is 24.8. The van der Waals surface area contributed by atoms with Gasteiger partial charge in [0.05, 0.1) is 18.2 Å². The molecule has 6 aromatic rings. The number of carbonyl (C=O) groups is 2. The number of nitrogens with zero attached hydrogens (tertiary/aromatic N) is 2. The summed E-state index contributed by atoms with van der Waals surface area (Å²) in [5.41, 5.74) is 4.61. The van der Waals surface area contributed by atoms with Crippen molar-refractivity contribution in [3.8, 4) is 0 Å². The van der Waals surface area contributed by atoms with Crippen molar-refractivity contribution in [2.75, 3.05) is 18.1 Å². The van der Waals surface area contributed by atoms with E-state index >= 15 is 0 Å². The van der Waals surface area contributed by atoms with Crippen molar-refractivity contribution in [3.05, 3.63) is 126 Å². The first-order chi connectivity index (χ1) is 22.9. The fourth-order valence-corrected chi connectivity index (χ4v) is 7.04. The number of aliphatic carboxylic acids is 1. The van der Waals surface area contributed by atoms with Gasteiger partial charge < -0.3 is 19.2 Å². The first kappa shape index (κ1) is 30.0. The molecule has 234 valence electrons. The average molecular weight is 624 g/mol. The molecule has 1 aromatic heterocycles. The van der Waals surface area contributed by atoms with E-state index in [4.69, 9.17) is 9.15 Å². The van der Waals surface area contributed by atoms with Gasteiger partial charge in [-0.15, -0.1) is 0 Å². The van der Waals surface area contributed by atoms with Crippen molar-refractivity contribution >= 4 is 67.6 Å². The average Bonchev–Trinajstić information content (AvgIpc) is 3.52. The van der Waals surface area contributed by atoms with Gasteiger partial charge in [-0.25, -0.2) is 0 Å². The van der Waals surface area contributed by atoms with Crippen molar-refractivity contribution < 1.29 is 28.4 Å². The molecule has 1 aliphatic heterocycles. The monoisotopic (exact) mass is 623 g/mol. The number of rotatable bonds is 10. The van der Waals surface area contributed by atoms with E-state index in [1.54, 1.807) is 0 Å². The molecule has 2 heterocycles. The van der Waals surface area contributed by atoms with Crippen LogP contribution in [0.25, 0.3) is 49.5 Å². The van der Waals surface area contributed by atoms with Crippen LogP contribution in [0.4, 0.5) is 5.69 Å². The highest BCUT2D eigenvalue weighted by Crippen LogP contribution is 2.54. The van der Waals surface area contributed by atoms with E-state index in [9.17, 15) is 14.7 Å². The third-order valence-electron chi connectivity index (χ3n) is 9.10. The molecule has 7 rings (SSSR count). The number of ether oxygens (including phenoxy) is 1. The predicted octanol–water partition coefficient (Wildman–Crippen LogP) is 8.08. The first-order valence-electron chi connectivity index (χ1n) is 15.8. The van der Waals surface area contributed by atoms with Gasteiger partial charge in [-0.3, -0.25) is 9.59 Å². The Kier molecular flexibility index (Phi) is 7.82. The number of fused-ring (bicyclic) bond motifs is 8. The molecule has 7 heteroatoms. The normalized spacial score (nSPS) is 15.2. The zero-order valence-electron chi connectivity index (χ0n) is 26.4. The number of hydrogen-bond acceptors (Lipinski definition) is 5. The summed E-state index contributed by atoms with van der Waals surface area (Å²) in [6.07, 6.45) is 9.88. The van der Waals surface area contributed by atoms with Gasteiger partial charge in [0.1, 0.15) is 0 Å². The fraction of sp³-hybridized carbons (Fsp3) is 0.175. The van der Waals surface area contributed by atoms with Crippen molar-refractivity contribution in [1.29, 1.82) is 0 Å². The molecular weight excluding hydrogens is 588 g/mol. The molecule has 0 saturated carbocycles. The molecule has 1 aliphatic rings. The first-order valence-corrected chi connectivity index (χ1v) is 15.8. The summed E-state index contributed by atoms with van der Waals surface area (Å²) in [5, 5.41) is 16.5. The lowest BCUT2D eigenvalue weighted by Gasteiger charge is -2.26. The second-order valence-electron chi connectivity index (χ2n) is 12.3. The van der Waals surface area contributed by atoms with Crippen LogP contribution in [0, 0.1) is 0 Å². The number of aromatic nitrogens is 1. The summed E-state index contributed by atoms with van der Waals surface area (Å²) in [7, 11) is 0. The van der Waals surface area contributed by atoms with Gasteiger partial charge in [-0.2, -0.15) is 4.57 Å². The minimum absolute atomic E-state index is 0.0203. The zero-order chi connectivity index (χ0) is 32.5. The molecule has 5 aromatic carbocycles. The molecule has 0 aliphatic carbocycles. The second-order valence-corrected chi connectivity index (χ2v) is 12.3. The maximum absolute atomic E-state index is 11.8. The van der Waals surface area contributed by atoms with E-state index in [1.807, 2.05) is 53.1 Å². The fourth-order valence-electron chi connectivity index (χ4n) is 7.04. The van der Waals surface area contributed by atoms with Crippen LogP contribution in [0.2, 0.25) is 0 Å². The van der Waals surface area contributed by atoms with E-state index in [0.717, 1.165) is 44.0 Å². The molecular formula is C40H35N2O5+. The Labute approximate surface area is 272 Å². The van der Waals surface area contributed by atoms with Gasteiger partial charge in [-0.05, 0) is 44.6 Å². The molecule has 0 amide bonds. The Bertz CT molecular complexity index is 2270. The lowest BCUT2D eigenvalue weighted by Crippen LogP contribution is -2.37. The number of carboxylic acid groups (broad SMARTS) is 1. The Morgan fingerprint density at radius 2 is 1.55 bits per heavy atom. The van der Waals surface area contributed by atoms with E-state index in [-0.39, 0.29) is 18.4 Å². The number of allylic oxidation sites excluding steroid dienone is 5. The number of carboxylic acids is 1. The van der Waals surface area contributed by atoms with E-state index in [1.165, 1.54) is 16.3 Å². The summed E-state index contributed by atoms with van der Waals surface area (Å²) in [6.45, 7) is 5.92. The van der Waals surface area contributed by atoms with Crippen molar-refractivity contribution in [3.63, 3.8) is 0 Å². The topological polar surface area (TPSA) is 83.9 Å². The van der Waals surface area contributed by atoms with Crippen LogP contribution >= 0.6 is 0 Å². The van der Waals surface area contributed by atoms with Gasteiger partial charge in [0.25, 0.3) is 12.0 Å². The summed E-state index contributed by atoms with van der Waals surface area (Å²) in [5.74, 6) is -0.193. The van der Waals surface area contributed by atoms with Crippen molar-refractivity contribution in [2.24, 2.45) is 0 Å². The van der Waals surface area contributed by atoms with Crippen LogP contribution in [0.3, 0.4) is 0 Å². The quantitative estimate of drug-likeness (QED) is 0.0546. The highest BCUT2D eigenvalue weighted by Gasteiger charge is 2.42. The zero-order valence-corrected chi connectivity index (χ0v) is 26.4. The Morgan fingerprint density at radius 3 is 2.28 bits per heavy atom. The summed E-state index contributed by atoms with van der Waals surface area (Å²) < 4.78 is 13.3. The maximum atomic E-state index is 11.8. The van der Waals surface area contributed by atoms with Crippen LogP contribution in [0.15, 0.2) is 119 Å². The highest BCUT2D eigenvalue weighted by molar-refractivity contribution is 6.17. The minimum Gasteiger partial charge on any atom is -0.481 e. The summed E-state index contributed by atoms with van der Waals surface area (Å²) >= 11 is 0. The Balaban J connectivity index is 1.27. The molecule has 7 nitrogen and oxygen atoms in total. The van der Waals surface area contributed by atoms with Crippen LogP contribution in [-0.2, 0) is 26.3 Å². The van der Waals surface area contributed by atoms with Crippen LogP contribution in [-0.4, -0.2) is 30.7 Å². The van der Waals surface area contributed by atoms with Crippen LogP contribution < -0.4 is 9.47 Å². The van der Waals surface area contributed by atoms with Gasteiger partial charge in [0.15, 0.2) is 13.2 Å². The number of oxazole rings is 1. The number of anilines is 1. The molecule has 47 heavy (non-hydrogen) atoms. The predicted molar refractivity (Wildman–Crippen MR) is 186 cm³/mol. The van der Waals surface area contributed by atoms with Crippen LogP contribution in [0.5, 0.6) is 0 Å². The molecule has 1 N–H and O–H groups in total. The van der Waals surface area contributed by atoms with Gasteiger partial charge in [0.2, 0.25) is 5.58 Å². The Morgan fingerprint density at radius 1 is 0.894 bits per heavy atom. The molecule has 0 bridgehead atoms. The molecule has 0 radical (unpaired) electrons. The third-order valence-corrected chi connectivity index (χ3v) is 9.10.